The fraction of sp³-hybridized carbons (Fsp3) is 0.256. The van der Waals surface area contributed by atoms with Gasteiger partial charge in [-0.05, 0) is 86.3 Å². The zero-order chi connectivity index (χ0) is 32.0. The summed E-state index contributed by atoms with van der Waals surface area (Å²) in [4.78, 5) is 26.4. The second-order valence-electron chi connectivity index (χ2n) is 12.4. The van der Waals surface area contributed by atoms with Crippen molar-refractivity contribution in [2.45, 2.75) is 37.8 Å². The zero-order valence-corrected chi connectivity index (χ0v) is 26.6. The van der Waals surface area contributed by atoms with Crippen LogP contribution in [-0.4, -0.2) is 58.7 Å². The number of rotatable bonds is 5. The molecule has 2 saturated heterocycles. The van der Waals surface area contributed by atoms with Gasteiger partial charge < -0.3 is 25.4 Å². The van der Waals surface area contributed by atoms with Gasteiger partial charge in [-0.15, -0.1) is 0 Å². The molecule has 5 heterocycles. The number of anilines is 2. The molecular weight excluding hydrogens is 582 g/mol. The van der Waals surface area contributed by atoms with Crippen molar-refractivity contribution in [1.82, 2.24) is 19.9 Å². The van der Waals surface area contributed by atoms with Crippen LogP contribution < -0.4 is 20.9 Å². The number of hydrogen-bond acceptors (Lipinski definition) is 6. The lowest BCUT2D eigenvalue weighted by molar-refractivity contribution is 0.0931. The quantitative estimate of drug-likeness (QED) is 0.225. The Morgan fingerprint density at radius 3 is 1.70 bits per heavy atom. The Morgan fingerprint density at radius 1 is 0.638 bits per heavy atom. The molecule has 238 valence electrons. The molecule has 3 aromatic heterocycles. The van der Waals surface area contributed by atoms with Gasteiger partial charge in [0.1, 0.15) is 0 Å². The van der Waals surface area contributed by atoms with Gasteiger partial charge >= 0.3 is 0 Å². The highest BCUT2D eigenvalue weighted by Crippen LogP contribution is 2.29. The molecule has 8 heteroatoms. The molecule has 0 radical (unpaired) electrons. The number of carbonyl (C=O) groups is 1. The zero-order valence-electron chi connectivity index (χ0n) is 26.6. The fourth-order valence-corrected chi connectivity index (χ4v) is 6.68. The molecule has 0 spiro atoms. The standard InChI is InChI=1S/C25H24N4O.C14H17N3/c30-25(19-7-9-21(10-8-19)28-15-3-4-16-28)27-20-12-17-29(18-13-20)24-11-14-26-23-6-2-1-5-22(23)24;15-11-6-9-17(10-7-11)14-5-8-16-13-4-2-1-3-12(13)14/h1-11,14-16,20H,12-13,17-18H2,(H,27,30);1-5,8,11H,6-7,9-10,15H2. The van der Waals surface area contributed by atoms with Crippen LogP contribution in [0.4, 0.5) is 11.4 Å². The van der Waals surface area contributed by atoms with Crippen LogP contribution in [0.15, 0.2) is 122 Å². The van der Waals surface area contributed by atoms with Crippen molar-refractivity contribution < 1.29 is 4.79 Å². The fourth-order valence-electron chi connectivity index (χ4n) is 6.68. The van der Waals surface area contributed by atoms with E-state index < -0.39 is 0 Å². The van der Waals surface area contributed by atoms with Crippen LogP contribution in [0.3, 0.4) is 0 Å². The average molecular weight is 624 g/mol. The van der Waals surface area contributed by atoms with Gasteiger partial charge in [0.2, 0.25) is 0 Å². The summed E-state index contributed by atoms with van der Waals surface area (Å²) < 4.78 is 2.03. The highest BCUT2D eigenvalue weighted by molar-refractivity contribution is 5.95. The summed E-state index contributed by atoms with van der Waals surface area (Å²) in [6.45, 7) is 3.95. The number of pyridine rings is 2. The lowest BCUT2D eigenvalue weighted by Crippen LogP contribution is -2.44. The first-order valence-corrected chi connectivity index (χ1v) is 16.6. The second kappa shape index (κ2) is 14.1. The number of hydrogen-bond donors (Lipinski definition) is 2. The van der Waals surface area contributed by atoms with Crippen molar-refractivity contribution in [3.05, 3.63) is 127 Å². The number of aromatic nitrogens is 3. The Kier molecular flexibility index (Phi) is 9.10. The number of nitrogens with zero attached hydrogens (tertiary/aromatic N) is 5. The summed E-state index contributed by atoms with van der Waals surface area (Å²) >= 11 is 0. The van der Waals surface area contributed by atoms with Gasteiger partial charge in [0.15, 0.2) is 0 Å². The molecular formula is C39H41N7O. The maximum absolute atomic E-state index is 12.7. The first-order valence-electron chi connectivity index (χ1n) is 16.6. The predicted octanol–water partition coefficient (Wildman–Crippen LogP) is 6.59. The third-order valence-electron chi connectivity index (χ3n) is 9.34. The van der Waals surface area contributed by atoms with Gasteiger partial charge in [-0.25, -0.2) is 0 Å². The van der Waals surface area contributed by atoms with Crippen molar-refractivity contribution in [1.29, 1.82) is 0 Å². The van der Waals surface area contributed by atoms with Gasteiger partial charge in [-0.1, -0.05) is 36.4 Å². The van der Waals surface area contributed by atoms with Crippen LogP contribution in [-0.2, 0) is 0 Å². The molecule has 8 rings (SSSR count). The van der Waals surface area contributed by atoms with Gasteiger partial charge in [0.25, 0.3) is 5.91 Å². The van der Waals surface area contributed by atoms with E-state index in [-0.39, 0.29) is 11.9 Å². The Labute approximate surface area is 275 Å². The van der Waals surface area contributed by atoms with Crippen LogP contribution in [0.5, 0.6) is 0 Å². The summed E-state index contributed by atoms with van der Waals surface area (Å²) in [7, 11) is 0. The molecule has 2 aliphatic heterocycles. The van der Waals surface area contributed by atoms with Crippen LogP contribution in [0, 0.1) is 0 Å². The molecule has 0 aliphatic carbocycles. The van der Waals surface area contributed by atoms with Gasteiger partial charge in [0.05, 0.1) is 11.0 Å². The van der Waals surface area contributed by atoms with Crippen molar-refractivity contribution in [2.75, 3.05) is 36.0 Å². The number of nitrogens with two attached hydrogens (primary N) is 1. The van der Waals surface area contributed by atoms with Crippen LogP contribution >= 0.6 is 0 Å². The third kappa shape index (κ3) is 6.98. The normalized spacial score (nSPS) is 15.8. The van der Waals surface area contributed by atoms with Crippen molar-refractivity contribution >= 4 is 39.1 Å². The number of nitrogens with one attached hydrogen (secondary N) is 1. The third-order valence-corrected chi connectivity index (χ3v) is 9.34. The van der Waals surface area contributed by atoms with E-state index in [4.69, 9.17) is 5.73 Å². The minimum absolute atomic E-state index is 0.00173. The van der Waals surface area contributed by atoms with E-state index >= 15 is 0 Å². The summed E-state index contributed by atoms with van der Waals surface area (Å²) in [5.74, 6) is 0.00173. The van der Waals surface area contributed by atoms with Crippen LogP contribution in [0.1, 0.15) is 36.0 Å². The second-order valence-corrected chi connectivity index (χ2v) is 12.4. The van der Waals surface area contributed by atoms with E-state index in [9.17, 15) is 4.79 Å². The van der Waals surface area contributed by atoms with Gasteiger partial charge in [-0.2, -0.15) is 0 Å². The lowest BCUT2D eigenvalue weighted by atomic mass is 10.0. The maximum Gasteiger partial charge on any atom is 0.251 e. The number of piperidine rings is 2. The molecule has 3 N–H and O–H groups in total. The molecule has 3 aromatic carbocycles. The SMILES string of the molecule is NC1CCN(c2ccnc3ccccc23)CC1.O=C(NC1CCN(c2ccnc3ccccc23)CC1)c1ccc(-n2cccc2)cc1. The molecule has 1 amide bonds. The highest BCUT2D eigenvalue weighted by atomic mass is 16.1. The smallest absolute Gasteiger partial charge is 0.251 e. The van der Waals surface area contributed by atoms with Crippen LogP contribution in [0.25, 0.3) is 27.5 Å². The molecule has 2 aliphatic rings. The number of fused-ring (bicyclic) bond motifs is 2. The first kappa shape index (κ1) is 30.4. The minimum atomic E-state index is 0.00173. The number of carbonyl (C=O) groups excluding carboxylic acids is 1. The Balaban J connectivity index is 0.000000174. The van der Waals surface area contributed by atoms with Gasteiger partial charge in [0, 0.05) is 96.4 Å². The Bertz CT molecular complexity index is 1910. The van der Waals surface area contributed by atoms with Gasteiger partial charge in [-0.3, -0.25) is 14.8 Å². The maximum atomic E-state index is 12.7. The first-order chi connectivity index (χ1) is 23.1. The summed E-state index contributed by atoms with van der Waals surface area (Å²) in [5.41, 5.74) is 12.3. The monoisotopic (exact) mass is 623 g/mol. The molecule has 47 heavy (non-hydrogen) atoms. The molecule has 0 bridgehead atoms. The van der Waals surface area contributed by atoms with Crippen molar-refractivity contribution in [3.63, 3.8) is 0 Å². The Hall–Kier alpha value is -5.21. The summed E-state index contributed by atoms with van der Waals surface area (Å²) in [6, 6.07) is 33.1. The molecule has 0 atom stereocenters. The lowest BCUT2D eigenvalue weighted by Gasteiger charge is -2.34. The number of para-hydroxylation sites is 2. The Morgan fingerprint density at radius 2 is 1.15 bits per heavy atom. The number of benzene rings is 3. The van der Waals surface area contributed by atoms with E-state index in [1.165, 1.54) is 22.1 Å². The summed E-state index contributed by atoms with van der Waals surface area (Å²) in [5, 5.41) is 5.64. The molecule has 8 nitrogen and oxygen atoms in total. The largest absolute Gasteiger partial charge is 0.371 e. The summed E-state index contributed by atoms with van der Waals surface area (Å²) in [6.07, 6.45) is 11.8. The van der Waals surface area contributed by atoms with E-state index in [2.05, 4.69) is 67.5 Å². The van der Waals surface area contributed by atoms with Crippen molar-refractivity contribution in [2.24, 2.45) is 5.73 Å². The molecule has 6 aromatic rings. The van der Waals surface area contributed by atoms with E-state index in [1.54, 1.807) is 0 Å². The molecule has 0 saturated carbocycles. The van der Waals surface area contributed by atoms with E-state index in [1.807, 2.05) is 84.0 Å². The van der Waals surface area contributed by atoms with E-state index in [0.29, 0.717) is 11.6 Å². The number of amides is 1. The molecule has 0 unspecified atom stereocenters. The highest BCUT2D eigenvalue weighted by Gasteiger charge is 2.23. The van der Waals surface area contributed by atoms with Crippen molar-refractivity contribution in [3.8, 4) is 5.69 Å². The predicted molar refractivity (Wildman–Crippen MR) is 191 cm³/mol. The average Bonchev–Trinajstić information content (AvgIpc) is 3.68. The minimum Gasteiger partial charge on any atom is -0.371 e. The molecule has 2 fully saturated rings. The van der Waals surface area contributed by atoms with E-state index in [0.717, 1.165) is 68.6 Å². The topological polar surface area (TPSA) is 92.3 Å². The van der Waals surface area contributed by atoms with Crippen LogP contribution in [0.2, 0.25) is 0 Å².